The number of ether oxygens (including phenoxy) is 1. The average molecular weight is 511 g/mol. The fourth-order valence-corrected chi connectivity index (χ4v) is 8.51. The van der Waals surface area contributed by atoms with Crippen LogP contribution in [0, 0.1) is 0 Å². The molecule has 3 aliphatic heterocycles. The van der Waals surface area contributed by atoms with Crippen molar-refractivity contribution >= 4 is 65.4 Å². The molecule has 5 nitrogen and oxygen atoms in total. The standard InChI is InChI=1S/C35H18N4O/c1-2-6-20-18-26-24(17-19(20)5-1)23-10-12-28-32-30(23)34-37(26)14-16-39(34)35(32)31-27(40-28)11-9-22-21-7-3-4-8-25(21)36-13-15-38(35)33(36)29(22)31/h1-18H/q+2. The summed E-state index contributed by atoms with van der Waals surface area (Å²) in [7, 11) is 0. The lowest BCUT2D eigenvalue weighted by Crippen LogP contribution is -2.71. The highest BCUT2D eigenvalue weighted by molar-refractivity contribution is 6.19. The van der Waals surface area contributed by atoms with Gasteiger partial charge < -0.3 is 4.74 Å². The van der Waals surface area contributed by atoms with Crippen molar-refractivity contribution in [1.82, 2.24) is 8.80 Å². The van der Waals surface area contributed by atoms with Crippen molar-refractivity contribution in [2.75, 3.05) is 0 Å². The molecule has 0 aliphatic carbocycles. The average Bonchev–Trinajstić information content (AvgIpc) is 3.76. The molecule has 9 aromatic rings. The minimum absolute atomic E-state index is 0.551. The number of imidazole rings is 2. The molecule has 0 fully saturated rings. The van der Waals surface area contributed by atoms with Gasteiger partial charge >= 0.3 is 5.66 Å². The van der Waals surface area contributed by atoms with Crippen molar-refractivity contribution in [1.29, 1.82) is 0 Å². The van der Waals surface area contributed by atoms with E-state index in [0.29, 0.717) is 0 Å². The third-order valence-corrected chi connectivity index (χ3v) is 9.91. The second-order valence-electron chi connectivity index (χ2n) is 11.5. The monoisotopic (exact) mass is 510 g/mol. The first kappa shape index (κ1) is 18.8. The molecule has 12 rings (SSSR count). The highest BCUT2D eigenvalue weighted by Gasteiger charge is 2.65. The van der Waals surface area contributed by atoms with Crippen molar-refractivity contribution in [3.8, 4) is 11.5 Å². The van der Waals surface area contributed by atoms with E-state index in [1.54, 1.807) is 0 Å². The maximum atomic E-state index is 6.79. The molecular weight excluding hydrogens is 492 g/mol. The molecule has 1 unspecified atom stereocenters. The van der Waals surface area contributed by atoms with Crippen LogP contribution in [0.1, 0.15) is 11.1 Å². The Hall–Kier alpha value is -5.42. The summed E-state index contributed by atoms with van der Waals surface area (Å²) < 4.78 is 16.6. The third kappa shape index (κ3) is 1.64. The summed E-state index contributed by atoms with van der Waals surface area (Å²) in [6.45, 7) is 0. The third-order valence-electron chi connectivity index (χ3n) is 9.91. The molecule has 182 valence electrons. The first-order valence-electron chi connectivity index (χ1n) is 13.8. The maximum absolute atomic E-state index is 6.79. The van der Waals surface area contributed by atoms with Crippen LogP contribution in [0.25, 0.3) is 65.4 Å². The molecule has 0 saturated heterocycles. The van der Waals surface area contributed by atoms with Gasteiger partial charge in [0, 0.05) is 21.5 Å². The predicted octanol–water partition coefficient (Wildman–Crippen LogP) is 6.56. The summed E-state index contributed by atoms with van der Waals surface area (Å²) >= 11 is 0. The number of hydrogen-bond acceptors (Lipinski definition) is 1. The van der Waals surface area contributed by atoms with E-state index >= 15 is 0 Å². The molecule has 1 atom stereocenters. The van der Waals surface area contributed by atoms with Gasteiger partial charge in [0.25, 0.3) is 11.3 Å². The van der Waals surface area contributed by atoms with Crippen LogP contribution in [0.4, 0.5) is 0 Å². The molecule has 1 spiro atoms. The number of rotatable bonds is 0. The quantitative estimate of drug-likeness (QED) is 0.129. The minimum atomic E-state index is -0.551. The fourth-order valence-electron chi connectivity index (χ4n) is 8.51. The molecule has 0 amide bonds. The number of aromatic nitrogens is 4. The van der Waals surface area contributed by atoms with Crippen molar-refractivity contribution in [3.63, 3.8) is 0 Å². The van der Waals surface area contributed by atoms with Gasteiger partial charge in [-0.25, -0.2) is 0 Å². The Morgan fingerprint density at radius 1 is 0.550 bits per heavy atom. The Kier molecular flexibility index (Phi) is 2.64. The van der Waals surface area contributed by atoms with Gasteiger partial charge in [-0.05, 0) is 53.2 Å². The lowest BCUT2D eigenvalue weighted by atomic mass is 9.85. The zero-order valence-corrected chi connectivity index (χ0v) is 21.1. The van der Waals surface area contributed by atoms with Gasteiger partial charge in [-0.2, -0.15) is 17.9 Å². The topological polar surface area (TPSA) is 25.8 Å². The Bertz CT molecular complexity index is 2750. The second-order valence-corrected chi connectivity index (χ2v) is 11.5. The number of pyridine rings is 2. The van der Waals surface area contributed by atoms with Crippen molar-refractivity contribution in [3.05, 3.63) is 121 Å². The summed E-state index contributed by atoms with van der Waals surface area (Å²) in [5.74, 6) is 1.88. The van der Waals surface area contributed by atoms with Gasteiger partial charge in [0.05, 0.1) is 10.8 Å². The van der Waals surface area contributed by atoms with Gasteiger partial charge in [0.2, 0.25) is 0 Å². The second kappa shape index (κ2) is 5.63. The van der Waals surface area contributed by atoms with E-state index < -0.39 is 5.66 Å². The molecule has 40 heavy (non-hydrogen) atoms. The molecule has 0 bridgehead atoms. The van der Waals surface area contributed by atoms with E-state index in [4.69, 9.17) is 4.74 Å². The van der Waals surface area contributed by atoms with Gasteiger partial charge in [-0.3, -0.25) is 0 Å². The molecule has 0 radical (unpaired) electrons. The van der Waals surface area contributed by atoms with Crippen LogP contribution in [0.2, 0.25) is 0 Å². The van der Waals surface area contributed by atoms with E-state index in [0.717, 1.165) is 11.5 Å². The Balaban J connectivity index is 1.38. The first-order chi connectivity index (χ1) is 19.8. The van der Waals surface area contributed by atoms with Crippen LogP contribution < -0.4 is 13.9 Å². The smallest absolute Gasteiger partial charge is 0.315 e. The maximum Gasteiger partial charge on any atom is 0.315 e. The number of fused-ring (bicyclic) bond motifs is 7. The van der Waals surface area contributed by atoms with E-state index in [1.165, 1.54) is 76.5 Å². The molecule has 0 saturated carbocycles. The zero-order chi connectivity index (χ0) is 25.5. The summed E-state index contributed by atoms with van der Waals surface area (Å²) in [6.07, 6.45) is 9.04. The normalized spacial score (nSPS) is 17.8. The van der Waals surface area contributed by atoms with Crippen molar-refractivity contribution in [2.45, 2.75) is 5.66 Å². The van der Waals surface area contributed by atoms with Crippen LogP contribution >= 0.6 is 0 Å². The molecule has 3 aliphatic rings. The fraction of sp³-hybridized carbons (Fsp3) is 0.0286. The van der Waals surface area contributed by atoms with Crippen LogP contribution in [0.15, 0.2) is 110 Å². The van der Waals surface area contributed by atoms with E-state index in [-0.39, 0.29) is 0 Å². The molecule has 7 heterocycles. The summed E-state index contributed by atoms with van der Waals surface area (Å²) in [5, 5.41) is 10.1. The zero-order valence-electron chi connectivity index (χ0n) is 21.1. The summed E-state index contributed by atoms with van der Waals surface area (Å²) in [5.41, 5.74) is 6.81. The van der Waals surface area contributed by atoms with Gasteiger partial charge in [-0.15, -0.1) is 0 Å². The first-order valence-corrected chi connectivity index (χ1v) is 13.8. The highest BCUT2D eigenvalue weighted by atomic mass is 16.5. The summed E-state index contributed by atoms with van der Waals surface area (Å²) in [4.78, 5) is 0. The van der Waals surface area contributed by atoms with Crippen molar-refractivity contribution < 1.29 is 13.9 Å². The van der Waals surface area contributed by atoms with Crippen LogP contribution in [-0.2, 0) is 5.66 Å². The van der Waals surface area contributed by atoms with E-state index in [2.05, 4.69) is 128 Å². The molecule has 0 N–H and O–H groups in total. The Morgan fingerprint density at radius 2 is 1.15 bits per heavy atom. The number of para-hydroxylation sites is 1. The van der Waals surface area contributed by atoms with Gasteiger partial charge in [0.15, 0.2) is 0 Å². The molecule has 5 heteroatoms. The summed E-state index contributed by atoms with van der Waals surface area (Å²) in [6, 6.07) is 31.0. The lowest BCUT2D eigenvalue weighted by Gasteiger charge is -2.30. The highest BCUT2D eigenvalue weighted by Crippen LogP contribution is 2.57. The van der Waals surface area contributed by atoms with E-state index in [9.17, 15) is 0 Å². The minimum Gasteiger partial charge on any atom is -0.456 e. The van der Waals surface area contributed by atoms with Gasteiger partial charge in [-0.1, -0.05) is 42.5 Å². The van der Waals surface area contributed by atoms with E-state index in [1.807, 2.05) is 0 Å². The van der Waals surface area contributed by atoms with Crippen LogP contribution in [0.3, 0.4) is 0 Å². The number of nitrogens with zero attached hydrogens (tertiary/aromatic N) is 4. The van der Waals surface area contributed by atoms with Crippen LogP contribution in [-0.4, -0.2) is 8.80 Å². The van der Waals surface area contributed by atoms with Crippen molar-refractivity contribution in [2.24, 2.45) is 0 Å². The molecule has 4 aromatic heterocycles. The van der Waals surface area contributed by atoms with Crippen LogP contribution in [0.5, 0.6) is 11.5 Å². The number of hydrogen-bond donors (Lipinski definition) is 0. The Labute approximate surface area is 225 Å². The predicted molar refractivity (Wildman–Crippen MR) is 154 cm³/mol. The number of benzene rings is 5. The Morgan fingerprint density at radius 3 is 1.88 bits per heavy atom. The largest absolute Gasteiger partial charge is 0.456 e. The van der Waals surface area contributed by atoms with Gasteiger partial charge in [0.1, 0.15) is 58.4 Å². The molecule has 5 aromatic carbocycles. The SMILES string of the molecule is c1ccc2cc3c(cc2c1)c1ccc2c4c1c1n3cc[n+]1C41c3c(ccc4c5ccccc5n5cc[n+]1c5c34)O2. The lowest BCUT2D eigenvalue weighted by molar-refractivity contribution is -0.944. The molecular formula is C35H18N4O+2.